The lowest BCUT2D eigenvalue weighted by Crippen LogP contribution is -2.46. The summed E-state index contributed by atoms with van der Waals surface area (Å²) in [7, 11) is 0. The molecule has 0 saturated carbocycles. The third kappa shape index (κ3) is 2.85. The third-order valence-electron chi connectivity index (χ3n) is 3.73. The van der Waals surface area contributed by atoms with Crippen molar-refractivity contribution >= 4 is 5.97 Å². The molecule has 0 spiro atoms. The number of carbonyl (C=O) groups is 1. The fraction of sp³-hybridized carbons (Fsp3) is 0.929. The van der Waals surface area contributed by atoms with E-state index in [0.29, 0.717) is 0 Å². The maximum absolute atomic E-state index is 14.1. The van der Waals surface area contributed by atoms with Gasteiger partial charge in [-0.3, -0.25) is 4.79 Å². The zero-order chi connectivity index (χ0) is 16.3. The number of esters is 1. The second kappa shape index (κ2) is 5.10. The van der Waals surface area contributed by atoms with Gasteiger partial charge < -0.3 is 28.4 Å². The lowest BCUT2D eigenvalue weighted by molar-refractivity contribution is -0.236. The van der Waals surface area contributed by atoms with Gasteiger partial charge in [-0.05, 0) is 27.7 Å². The molecular weight excluding hydrogens is 299 g/mol. The zero-order valence-electron chi connectivity index (χ0n) is 13.2. The van der Waals surface area contributed by atoms with Crippen LogP contribution in [-0.4, -0.2) is 54.6 Å². The molecule has 3 heterocycles. The summed E-state index contributed by atoms with van der Waals surface area (Å²) in [5, 5.41) is 0. The molecule has 22 heavy (non-hydrogen) atoms. The molecule has 0 aliphatic carbocycles. The average Bonchev–Trinajstić information content (AvgIpc) is 2.88. The highest BCUT2D eigenvalue weighted by Gasteiger charge is 2.61. The van der Waals surface area contributed by atoms with E-state index < -0.39 is 54.6 Å². The van der Waals surface area contributed by atoms with Crippen molar-refractivity contribution in [2.24, 2.45) is 0 Å². The van der Waals surface area contributed by atoms with Gasteiger partial charge in [0.15, 0.2) is 30.1 Å². The van der Waals surface area contributed by atoms with Gasteiger partial charge in [-0.1, -0.05) is 0 Å². The van der Waals surface area contributed by atoms with E-state index in [0.717, 1.165) is 0 Å². The summed E-state index contributed by atoms with van der Waals surface area (Å²) in [6.07, 6.45) is -5.80. The molecule has 0 radical (unpaired) electrons. The molecule has 126 valence electrons. The largest absolute Gasteiger partial charge is 0.457 e. The van der Waals surface area contributed by atoms with Gasteiger partial charge in [-0.15, -0.1) is 0 Å². The molecule has 3 fully saturated rings. The number of hydrogen-bond acceptors (Lipinski definition) is 7. The predicted molar refractivity (Wildman–Crippen MR) is 69.2 cm³/mol. The first-order chi connectivity index (χ1) is 10.1. The lowest BCUT2D eigenvalue weighted by Gasteiger charge is -2.28. The molecule has 8 heteroatoms. The Morgan fingerprint density at radius 1 is 0.955 bits per heavy atom. The van der Waals surface area contributed by atoms with E-state index in [2.05, 4.69) is 0 Å². The Morgan fingerprint density at radius 2 is 1.55 bits per heavy atom. The van der Waals surface area contributed by atoms with Gasteiger partial charge in [-0.25, -0.2) is 4.39 Å². The van der Waals surface area contributed by atoms with Gasteiger partial charge in [0.1, 0.15) is 12.2 Å². The minimum atomic E-state index is -1.69. The molecule has 0 aromatic heterocycles. The summed E-state index contributed by atoms with van der Waals surface area (Å²) in [4.78, 5) is 11.4. The van der Waals surface area contributed by atoms with Crippen LogP contribution in [0.1, 0.15) is 34.6 Å². The standard InChI is InChI=1S/C14H21FO7/c1-6(16)17-8-7(9-11(15)21-13(2,3)19-9)18-12-10(8)20-14(4,5)22-12/h7-12H,1-5H3/t7-,8-,9-,10+,11?,12+/m0/s1. The molecule has 0 aromatic carbocycles. The Hall–Kier alpha value is -0.800. The van der Waals surface area contributed by atoms with E-state index in [1.54, 1.807) is 27.7 Å². The topological polar surface area (TPSA) is 72.5 Å². The number of ether oxygens (including phenoxy) is 6. The number of rotatable bonds is 2. The lowest BCUT2D eigenvalue weighted by atomic mass is 10.1. The van der Waals surface area contributed by atoms with Gasteiger partial charge in [0.05, 0.1) is 0 Å². The second-order valence-electron chi connectivity index (χ2n) is 6.59. The Morgan fingerprint density at radius 3 is 2.09 bits per heavy atom. The van der Waals surface area contributed by atoms with Crippen molar-refractivity contribution in [1.82, 2.24) is 0 Å². The van der Waals surface area contributed by atoms with Crippen molar-refractivity contribution in [2.45, 2.75) is 83.3 Å². The van der Waals surface area contributed by atoms with E-state index in [1.165, 1.54) is 6.92 Å². The minimum Gasteiger partial charge on any atom is -0.457 e. The van der Waals surface area contributed by atoms with Crippen LogP contribution in [0.5, 0.6) is 0 Å². The van der Waals surface area contributed by atoms with Crippen LogP contribution in [0.3, 0.4) is 0 Å². The SMILES string of the molecule is CC(=O)O[C@@H]1[C@H]2OC(C)(C)O[C@H]2O[C@@H]1[C@@H]1OC(C)(C)OC1F. The smallest absolute Gasteiger partial charge is 0.303 e. The highest BCUT2D eigenvalue weighted by molar-refractivity contribution is 5.66. The van der Waals surface area contributed by atoms with Crippen LogP contribution in [0.2, 0.25) is 0 Å². The van der Waals surface area contributed by atoms with Crippen LogP contribution in [-0.2, 0) is 33.2 Å². The molecule has 3 aliphatic heterocycles. The number of halogens is 1. The van der Waals surface area contributed by atoms with Gasteiger partial charge >= 0.3 is 5.97 Å². The monoisotopic (exact) mass is 320 g/mol. The van der Waals surface area contributed by atoms with Gasteiger partial charge in [-0.2, -0.15) is 0 Å². The Balaban J connectivity index is 1.81. The van der Waals surface area contributed by atoms with Crippen LogP contribution < -0.4 is 0 Å². The quantitative estimate of drug-likeness (QED) is 0.709. The van der Waals surface area contributed by atoms with Gasteiger partial charge in [0.25, 0.3) is 0 Å². The number of hydrogen-bond donors (Lipinski definition) is 0. The Labute approximate surface area is 127 Å². The van der Waals surface area contributed by atoms with E-state index in [9.17, 15) is 9.18 Å². The maximum Gasteiger partial charge on any atom is 0.303 e. The Bertz CT molecular complexity index is 466. The molecule has 3 rings (SSSR count). The van der Waals surface area contributed by atoms with E-state index >= 15 is 0 Å². The minimum absolute atomic E-state index is 0.513. The van der Waals surface area contributed by atoms with E-state index in [-0.39, 0.29) is 0 Å². The zero-order valence-corrected chi connectivity index (χ0v) is 13.2. The normalized spacial score (nSPS) is 45.7. The van der Waals surface area contributed by atoms with Crippen molar-refractivity contribution in [3.63, 3.8) is 0 Å². The van der Waals surface area contributed by atoms with Crippen molar-refractivity contribution < 1.29 is 37.6 Å². The summed E-state index contributed by atoms with van der Waals surface area (Å²) < 4.78 is 47.1. The summed E-state index contributed by atoms with van der Waals surface area (Å²) in [6.45, 7) is 7.93. The third-order valence-corrected chi connectivity index (χ3v) is 3.73. The first-order valence-corrected chi connectivity index (χ1v) is 7.26. The molecule has 0 amide bonds. The summed E-state index contributed by atoms with van der Waals surface area (Å²) in [6, 6.07) is 0. The van der Waals surface area contributed by atoms with Crippen molar-refractivity contribution in [3.8, 4) is 0 Å². The van der Waals surface area contributed by atoms with Crippen molar-refractivity contribution in [1.29, 1.82) is 0 Å². The number of alkyl halides is 1. The highest BCUT2D eigenvalue weighted by atomic mass is 19.1. The summed E-state index contributed by atoms with van der Waals surface area (Å²) >= 11 is 0. The van der Waals surface area contributed by atoms with Gasteiger partial charge in [0.2, 0.25) is 6.36 Å². The van der Waals surface area contributed by atoms with Crippen LogP contribution in [0, 0.1) is 0 Å². The summed E-state index contributed by atoms with van der Waals surface area (Å²) in [5.74, 6) is -2.45. The van der Waals surface area contributed by atoms with E-state index in [4.69, 9.17) is 28.4 Å². The fourth-order valence-electron chi connectivity index (χ4n) is 3.06. The van der Waals surface area contributed by atoms with E-state index in [1.807, 2.05) is 0 Å². The van der Waals surface area contributed by atoms with Crippen LogP contribution >= 0.6 is 0 Å². The molecule has 7 nitrogen and oxygen atoms in total. The average molecular weight is 320 g/mol. The predicted octanol–water partition coefficient (Wildman–Crippen LogP) is 1.24. The molecule has 3 saturated heterocycles. The first kappa shape index (κ1) is 16.1. The van der Waals surface area contributed by atoms with Crippen molar-refractivity contribution in [2.75, 3.05) is 0 Å². The van der Waals surface area contributed by atoms with Crippen LogP contribution in [0.4, 0.5) is 4.39 Å². The molecule has 0 aromatic rings. The number of carbonyl (C=O) groups excluding carboxylic acids is 1. The van der Waals surface area contributed by atoms with Crippen molar-refractivity contribution in [3.05, 3.63) is 0 Å². The fourth-order valence-corrected chi connectivity index (χ4v) is 3.06. The van der Waals surface area contributed by atoms with Crippen LogP contribution in [0.15, 0.2) is 0 Å². The molecule has 3 aliphatic rings. The maximum atomic E-state index is 14.1. The number of fused-ring (bicyclic) bond motifs is 1. The second-order valence-corrected chi connectivity index (χ2v) is 6.59. The molecular formula is C14H21FO7. The summed E-state index contributed by atoms with van der Waals surface area (Å²) in [5.41, 5.74) is 0. The first-order valence-electron chi connectivity index (χ1n) is 7.26. The molecule has 0 bridgehead atoms. The highest BCUT2D eigenvalue weighted by Crippen LogP contribution is 2.43. The van der Waals surface area contributed by atoms with Gasteiger partial charge in [0, 0.05) is 6.92 Å². The Kier molecular flexibility index (Phi) is 3.73. The molecule has 0 N–H and O–H groups in total. The van der Waals surface area contributed by atoms with Crippen LogP contribution in [0.25, 0.3) is 0 Å². The molecule has 6 atom stereocenters. The molecule has 1 unspecified atom stereocenters.